The molecule has 1 saturated heterocycles. The number of rotatable bonds is 1. The van der Waals surface area contributed by atoms with Gasteiger partial charge < -0.3 is 14.7 Å². The highest BCUT2D eigenvalue weighted by Gasteiger charge is 2.43. The van der Waals surface area contributed by atoms with Crippen LogP contribution in [0.25, 0.3) is 0 Å². The van der Waals surface area contributed by atoms with E-state index in [1.165, 1.54) is 17.2 Å². The summed E-state index contributed by atoms with van der Waals surface area (Å²) < 4.78 is 6.13. The second-order valence-corrected chi connectivity index (χ2v) is 6.28. The van der Waals surface area contributed by atoms with Gasteiger partial charge in [-0.25, -0.2) is 0 Å². The van der Waals surface area contributed by atoms with E-state index in [-0.39, 0.29) is 17.3 Å². The molecule has 2 aromatic rings. The lowest BCUT2D eigenvalue weighted by atomic mass is 9.83. The van der Waals surface area contributed by atoms with Gasteiger partial charge in [0.25, 0.3) is 5.91 Å². The first kappa shape index (κ1) is 14.3. The van der Waals surface area contributed by atoms with Crippen LogP contribution < -0.4 is 0 Å². The zero-order chi connectivity index (χ0) is 15.9. The maximum atomic E-state index is 12.6. The van der Waals surface area contributed by atoms with Gasteiger partial charge in [0.2, 0.25) is 0 Å². The molecule has 4 heteroatoms. The van der Waals surface area contributed by atoms with Crippen LogP contribution in [0.4, 0.5) is 0 Å². The molecule has 2 aliphatic heterocycles. The van der Waals surface area contributed by atoms with Crippen molar-refractivity contribution in [1.82, 2.24) is 4.90 Å². The number of likely N-dealkylation sites (tertiary alicyclic amines) is 1. The third kappa shape index (κ3) is 2.39. The first-order valence-corrected chi connectivity index (χ1v) is 7.99. The van der Waals surface area contributed by atoms with Crippen LogP contribution in [0.2, 0.25) is 0 Å². The summed E-state index contributed by atoms with van der Waals surface area (Å²) in [6.07, 6.45) is 1.63. The summed E-state index contributed by atoms with van der Waals surface area (Å²) in [7, 11) is 0. The largest absolute Gasteiger partial charge is 0.508 e. The van der Waals surface area contributed by atoms with Gasteiger partial charge in [-0.1, -0.05) is 30.3 Å². The molecule has 118 valence electrons. The number of fused-ring (bicyclic) bond motifs is 2. The molecule has 0 aliphatic carbocycles. The lowest BCUT2D eigenvalue weighted by molar-refractivity contribution is -0.0741. The Morgan fingerprint density at radius 1 is 1.09 bits per heavy atom. The SMILES string of the molecule is O=C(c1cccc(O)c1)N1CCC2(CC1)OCc1ccccc12. The van der Waals surface area contributed by atoms with Crippen molar-refractivity contribution in [1.29, 1.82) is 0 Å². The normalized spacial score (nSPS) is 18.9. The number of phenols is 1. The van der Waals surface area contributed by atoms with Crippen LogP contribution in [0.5, 0.6) is 5.75 Å². The van der Waals surface area contributed by atoms with Crippen LogP contribution in [0.1, 0.15) is 34.3 Å². The summed E-state index contributed by atoms with van der Waals surface area (Å²) in [4.78, 5) is 14.4. The van der Waals surface area contributed by atoms with Crippen molar-refractivity contribution in [2.24, 2.45) is 0 Å². The van der Waals surface area contributed by atoms with Gasteiger partial charge in [-0.15, -0.1) is 0 Å². The Balaban J connectivity index is 1.51. The Bertz CT molecular complexity index is 748. The molecule has 1 amide bonds. The van der Waals surface area contributed by atoms with Crippen molar-refractivity contribution in [2.45, 2.75) is 25.0 Å². The Kier molecular flexibility index (Phi) is 3.34. The van der Waals surface area contributed by atoms with Crippen molar-refractivity contribution in [3.05, 3.63) is 65.2 Å². The van der Waals surface area contributed by atoms with Crippen LogP contribution in [-0.4, -0.2) is 29.0 Å². The number of ether oxygens (including phenoxy) is 1. The average molecular weight is 309 g/mol. The number of carbonyl (C=O) groups is 1. The number of nitrogens with zero attached hydrogens (tertiary/aromatic N) is 1. The molecule has 4 nitrogen and oxygen atoms in total. The monoisotopic (exact) mass is 309 g/mol. The molecular weight excluding hydrogens is 290 g/mol. The fraction of sp³-hybridized carbons (Fsp3) is 0.316. The molecular formula is C19H19NO3. The second-order valence-electron chi connectivity index (χ2n) is 6.28. The van der Waals surface area contributed by atoms with Crippen molar-refractivity contribution >= 4 is 5.91 Å². The highest BCUT2D eigenvalue weighted by atomic mass is 16.5. The molecule has 0 bridgehead atoms. The number of hydrogen-bond acceptors (Lipinski definition) is 3. The quantitative estimate of drug-likeness (QED) is 0.881. The lowest BCUT2D eigenvalue weighted by Gasteiger charge is -2.39. The van der Waals surface area contributed by atoms with E-state index in [0.29, 0.717) is 25.3 Å². The molecule has 1 N–H and O–H groups in total. The number of phenolic OH excluding ortho intramolecular Hbond substituents is 1. The maximum Gasteiger partial charge on any atom is 0.253 e. The van der Waals surface area contributed by atoms with Gasteiger partial charge in [0.15, 0.2) is 0 Å². The predicted octanol–water partition coefficient (Wildman–Crippen LogP) is 3.05. The third-order valence-corrected chi connectivity index (χ3v) is 4.96. The van der Waals surface area contributed by atoms with E-state index in [1.54, 1.807) is 18.2 Å². The minimum atomic E-state index is -0.230. The van der Waals surface area contributed by atoms with Crippen molar-refractivity contribution < 1.29 is 14.6 Å². The Hall–Kier alpha value is -2.33. The lowest BCUT2D eigenvalue weighted by Crippen LogP contribution is -2.45. The Morgan fingerprint density at radius 3 is 2.65 bits per heavy atom. The molecule has 2 aliphatic rings. The average Bonchev–Trinajstić information content (AvgIpc) is 2.94. The van der Waals surface area contributed by atoms with Gasteiger partial charge in [0.1, 0.15) is 5.75 Å². The molecule has 23 heavy (non-hydrogen) atoms. The number of hydrogen-bond donors (Lipinski definition) is 1. The third-order valence-electron chi connectivity index (χ3n) is 4.96. The van der Waals surface area contributed by atoms with E-state index >= 15 is 0 Å². The first-order chi connectivity index (χ1) is 11.2. The van der Waals surface area contributed by atoms with Crippen LogP contribution in [0.15, 0.2) is 48.5 Å². The summed E-state index contributed by atoms with van der Waals surface area (Å²) >= 11 is 0. The van der Waals surface area contributed by atoms with Crippen molar-refractivity contribution in [3.63, 3.8) is 0 Å². The van der Waals surface area contributed by atoms with Gasteiger partial charge in [0.05, 0.1) is 12.2 Å². The Morgan fingerprint density at radius 2 is 1.87 bits per heavy atom. The molecule has 2 aromatic carbocycles. The zero-order valence-corrected chi connectivity index (χ0v) is 12.9. The van der Waals surface area contributed by atoms with Crippen LogP contribution >= 0.6 is 0 Å². The van der Waals surface area contributed by atoms with Crippen LogP contribution in [0.3, 0.4) is 0 Å². The fourth-order valence-corrected chi connectivity index (χ4v) is 3.69. The summed E-state index contributed by atoms with van der Waals surface area (Å²) in [5.41, 5.74) is 2.85. The van der Waals surface area contributed by atoms with Crippen LogP contribution in [0, 0.1) is 0 Å². The van der Waals surface area contributed by atoms with Gasteiger partial charge in [-0.2, -0.15) is 0 Å². The minimum Gasteiger partial charge on any atom is -0.508 e. The molecule has 1 fully saturated rings. The molecule has 4 rings (SSSR count). The topological polar surface area (TPSA) is 49.8 Å². The number of carbonyl (C=O) groups excluding carboxylic acids is 1. The van der Waals surface area contributed by atoms with Crippen molar-refractivity contribution in [3.8, 4) is 5.75 Å². The van der Waals surface area contributed by atoms with E-state index in [9.17, 15) is 9.90 Å². The second kappa shape index (κ2) is 5.39. The standard InChI is InChI=1S/C19H19NO3/c21-16-6-3-5-14(12-16)18(22)20-10-8-19(9-11-20)17-7-2-1-4-15(17)13-23-19/h1-7,12,21H,8-11,13H2. The summed E-state index contributed by atoms with van der Waals surface area (Å²) in [5, 5.41) is 9.55. The number of amides is 1. The van der Waals surface area contributed by atoms with Gasteiger partial charge in [0, 0.05) is 18.7 Å². The summed E-state index contributed by atoms with van der Waals surface area (Å²) in [6, 6.07) is 14.9. The van der Waals surface area contributed by atoms with Crippen LogP contribution in [-0.2, 0) is 16.9 Å². The van der Waals surface area contributed by atoms with E-state index in [0.717, 1.165) is 12.8 Å². The van der Waals surface area contributed by atoms with E-state index in [2.05, 4.69) is 18.2 Å². The molecule has 0 saturated carbocycles. The minimum absolute atomic E-state index is 0.0259. The highest BCUT2D eigenvalue weighted by Crippen LogP contribution is 2.44. The van der Waals surface area contributed by atoms with Crippen molar-refractivity contribution in [2.75, 3.05) is 13.1 Å². The molecule has 0 atom stereocenters. The number of aromatic hydroxyl groups is 1. The van der Waals surface area contributed by atoms with Gasteiger partial charge in [-0.05, 0) is 42.2 Å². The molecule has 0 radical (unpaired) electrons. The molecule has 1 spiro atoms. The number of piperidine rings is 1. The zero-order valence-electron chi connectivity index (χ0n) is 12.9. The Labute approximate surface area is 135 Å². The molecule has 0 aromatic heterocycles. The number of benzene rings is 2. The smallest absolute Gasteiger partial charge is 0.253 e. The van der Waals surface area contributed by atoms with E-state index in [4.69, 9.17) is 4.74 Å². The first-order valence-electron chi connectivity index (χ1n) is 7.99. The molecule has 0 unspecified atom stereocenters. The summed E-state index contributed by atoms with van der Waals surface area (Å²) in [6.45, 7) is 2.00. The van der Waals surface area contributed by atoms with E-state index in [1.807, 2.05) is 11.0 Å². The highest BCUT2D eigenvalue weighted by molar-refractivity contribution is 5.94. The molecule has 2 heterocycles. The van der Waals surface area contributed by atoms with Gasteiger partial charge in [-0.3, -0.25) is 4.79 Å². The summed E-state index contributed by atoms with van der Waals surface area (Å²) in [5.74, 6) is 0.0967. The predicted molar refractivity (Wildman–Crippen MR) is 86.2 cm³/mol. The van der Waals surface area contributed by atoms with E-state index < -0.39 is 0 Å². The maximum absolute atomic E-state index is 12.6. The fourth-order valence-electron chi connectivity index (χ4n) is 3.69. The van der Waals surface area contributed by atoms with Gasteiger partial charge >= 0.3 is 0 Å².